The van der Waals surface area contributed by atoms with Crippen molar-refractivity contribution in [3.05, 3.63) is 29.8 Å². The molecule has 2 aromatic rings. The van der Waals surface area contributed by atoms with Crippen molar-refractivity contribution in [2.24, 2.45) is 0 Å². The van der Waals surface area contributed by atoms with Crippen LogP contribution in [0.15, 0.2) is 24.3 Å². The molecule has 0 fully saturated rings. The van der Waals surface area contributed by atoms with Gasteiger partial charge >= 0.3 is 0 Å². The Morgan fingerprint density at radius 1 is 1.21 bits per heavy atom. The van der Waals surface area contributed by atoms with Gasteiger partial charge < -0.3 is 5.32 Å². The van der Waals surface area contributed by atoms with Crippen molar-refractivity contribution in [1.29, 1.82) is 0 Å². The first-order valence-electron chi connectivity index (χ1n) is 8.78. The minimum Gasteiger partial charge on any atom is -0.352 e. The fourth-order valence-corrected chi connectivity index (χ4v) is 2.54. The maximum atomic E-state index is 12.0. The van der Waals surface area contributed by atoms with Gasteiger partial charge in [-0.15, -0.1) is 10.2 Å². The molecule has 1 N–H and O–H groups in total. The van der Waals surface area contributed by atoms with Crippen LogP contribution in [-0.2, 0) is 17.8 Å². The number of rotatable bonds is 9. The average molecular weight is 329 g/mol. The first-order valence-corrected chi connectivity index (χ1v) is 8.78. The Morgan fingerprint density at radius 2 is 1.96 bits per heavy atom. The van der Waals surface area contributed by atoms with Gasteiger partial charge in [0.25, 0.3) is 0 Å². The summed E-state index contributed by atoms with van der Waals surface area (Å²) < 4.78 is 0. The number of benzene rings is 1. The molecular formula is C18H27N5O. The highest BCUT2D eigenvalue weighted by Crippen LogP contribution is 2.14. The van der Waals surface area contributed by atoms with Crippen LogP contribution in [0.2, 0.25) is 0 Å². The molecule has 0 aliphatic rings. The molecule has 1 amide bonds. The van der Waals surface area contributed by atoms with E-state index in [-0.39, 0.29) is 18.5 Å². The molecule has 0 bridgehead atoms. The Kier molecular flexibility index (Phi) is 6.90. The van der Waals surface area contributed by atoms with Gasteiger partial charge in [-0.25, -0.2) is 0 Å². The van der Waals surface area contributed by atoms with Gasteiger partial charge in [0.05, 0.1) is 0 Å². The third-order valence-electron chi connectivity index (χ3n) is 4.01. The number of carbonyl (C=O) groups is 1. The molecule has 1 atom stereocenters. The summed E-state index contributed by atoms with van der Waals surface area (Å²) in [5.41, 5.74) is 2.18. The fourth-order valence-electron chi connectivity index (χ4n) is 2.54. The van der Waals surface area contributed by atoms with Gasteiger partial charge in [0, 0.05) is 11.6 Å². The first kappa shape index (κ1) is 18.1. The van der Waals surface area contributed by atoms with Crippen LogP contribution in [0.5, 0.6) is 0 Å². The van der Waals surface area contributed by atoms with Gasteiger partial charge in [-0.2, -0.15) is 4.80 Å². The summed E-state index contributed by atoms with van der Waals surface area (Å²) >= 11 is 0. The average Bonchev–Trinajstić information content (AvgIpc) is 3.03. The van der Waals surface area contributed by atoms with Crippen molar-refractivity contribution in [3.63, 3.8) is 0 Å². The highest BCUT2D eigenvalue weighted by molar-refractivity contribution is 5.75. The summed E-state index contributed by atoms with van der Waals surface area (Å²) in [6.45, 7) is 6.42. The van der Waals surface area contributed by atoms with Crippen LogP contribution >= 0.6 is 0 Å². The molecule has 1 aromatic carbocycles. The zero-order valence-electron chi connectivity index (χ0n) is 14.8. The smallest absolute Gasteiger partial charge is 0.243 e. The van der Waals surface area contributed by atoms with Gasteiger partial charge in [0.1, 0.15) is 6.54 Å². The lowest BCUT2D eigenvalue weighted by molar-refractivity contribution is -0.122. The summed E-state index contributed by atoms with van der Waals surface area (Å²) in [7, 11) is 0. The number of nitrogens with zero attached hydrogens (tertiary/aromatic N) is 4. The van der Waals surface area contributed by atoms with Crippen LogP contribution in [0.1, 0.15) is 52.0 Å². The van der Waals surface area contributed by atoms with E-state index in [4.69, 9.17) is 0 Å². The summed E-state index contributed by atoms with van der Waals surface area (Å²) in [5, 5.41) is 15.3. The molecular weight excluding hydrogens is 302 g/mol. The van der Waals surface area contributed by atoms with E-state index in [0.29, 0.717) is 5.82 Å². The lowest BCUT2D eigenvalue weighted by atomic mass is 10.1. The summed E-state index contributed by atoms with van der Waals surface area (Å²) in [6, 6.07) is 8.25. The third-order valence-corrected chi connectivity index (χ3v) is 4.01. The minimum atomic E-state index is -0.0794. The molecule has 0 saturated heterocycles. The van der Waals surface area contributed by atoms with Crippen molar-refractivity contribution < 1.29 is 4.79 Å². The van der Waals surface area contributed by atoms with Gasteiger partial charge in [0.15, 0.2) is 0 Å². The van der Waals surface area contributed by atoms with E-state index < -0.39 is 0 Å². The van der Waals surface area contributed by atoms with E-state index >= 15 is 0 Å². The second-order valence-electron chi connectivity index (χ2n) is 6.16. The molecule has 130 valence electrons. The van der Waals surface area contributed by atoms with Gasteiger partial charge in [-0.3, -0.25) is 4.79 Å². The number of hydrogen-bond donors (Lipinski definition) is 1. The summed E-state index contributed by atoms with van der Waals surface area (Å²) in [4.78, 5) is 13.4. The van der Waals surface area contributed by atoms with E-state index in [0.717, 1.165) is 24.8 Å². The lowest BCUT2D eigenvalue weighted by Crippen LogP contribution is -2.35. The second-order valence-corrected chi connectivity index (χ2v) is 6.16. The Labute approximate surface area is 143 Å². The van der Waals surface area contributed by atoms with Crippen molar-refractivity contribution in [2.75, 3.05) is 0 Å². The summed E-state index contributed by atoms with van der Waals surface area (Å²) in [5.74, 6) is 0.464. The maximum absolute atomic E-state index is 12.0. The van der Waals surface area contributed by atoms with Crippen LogP contribution in [0.4, 0.5) is 0 Å². The highest BCUT2D eigenvalue weighted by atomic mass is 16.2. The molecule has 0 aliphatic carbocycles. The Hall–Kier alpha value is -2.24. The largest absolute Gasteiger partial charge is 0.352 e. The number of nitrogens with one attached hydrogen (secondary N) is 1. The predicted molar refractivity (Wildman–Crippen MR) is 94.4 cm³/mol. The van der Waals surface area contributed by atoms with E-state index in [1.54, 1.807) is 0 Å². The molecule has 24 heavy (non-hydrogen) atoms. The molecule has 0 aliphatic heterocycles. The Bertz CT molecular complexity index is 635. The minimum absolute atomic E-state index is 0.0794. The molecule has 1 heterocycles. The number of aromatic nitrogens is 4. The molecule has 2 rings (SSSR count). The number of unbranched alkanes of at least 4 members (excludes halogenated alkanes) is 2. The SMILES string of the molecule is CCCCC[C@H](C)NC(=O)Cn1nnc(-c2ccc(CC)cc2)n1. The topological polar surface area (TPSA) is 72.7 Å². The quantitative estimate of drug-likeness (QED) is 0.718. The third kappa shape index (κ3) is 5.44. The zero-order valence-corrected chi connectivity index (χ0v) is 14.8. The summed E-state index contributed by atoms with van der Waals surface area (Å²) in [6.07, 6.45) is 5.52. The molecule has 1 aromatic heterocycles. The number of hydrogen-bond acceptors (Lipinski definition) is 4. The number of carbonyl (C=O) groups excluding carboxylic acids is 1. The van der Waals surface area contributed by atoms with Crippen molar-refractivity contribution in [1.82, 2.24) is 25.5 Å². The van der Waals surface area contributed by atoms with Crippen LogP contribution < -0.4 is 5.32 Å². The van der Waals surface area contributed by atoms with E-state index in [1.807, 2.05) is 19.1 Å². The fraction of sp³-hybridized carbons (Fsp3) is 0.556. The maximum Gasteiger partial charge on any atom is 0.243 e. The van der Waals surface area contributed by atoms with Crippen molar-refractivity contribution >= 4 is 5.91 Å². The molecule has 0 saturated carbocycles. The Morgan fingerprint density at radius 3 is 2.62 bits per heavy atom. The molecule has 0 unspecified atom stereocenters. The van der Waals surface area contributed by atoms with Gasteiger partial charge in [-0.05, 0) is 30.5 Å². The van der Waals surface area contributed by atoms with E-state index in [1.165, 1.54) is 23.2 Å². The normalized spacial score (nSPS) is 12.1. The van der Waals surface area contributed by atoms with E-state index in [2.05, 4.69) is 46.7 Å². The van der Waals surface area contributed by atoms with Crippen molar-refractivity contribution in [2.45, 2.75) is 65.5 Å². The standard InChI is InChI=1S/C18H27N5O/c1-4-6-7-8-14(3)19-17(24)13-23-21-18(20-22-23)16-11-9-15(5-2)10-12-16/h9-12,14H,4-8,13H2,1-3H3,(H,19,24)/t14-/m0/s1. The van der Waals surface area contributed by atoms with Crippen LogP contribution in [-0.4, -0.2) is 32.2 Å². The molecule has 6 heteroatoms. The first-order chi connectivity index (χ1) is 11.6. The van der Waals surface area contributed by atoms with Crippen molar-refractivity contribution in [3.8, 4) is 11.4 Å². The van der Waals surface area contributed by atoms with Crippen LogP contribution in [0, 0.1) is 0 Å². The van der Waals surface area contributed by atoms with Crippen LogP contribution in [0.25, 0.3) is 11.4 Å². The number of aryl methyl sites for hydroxylation is 1. The van der Waals surface area contributed by atoms with Gasteiger partial charge in [0.2, 0.25) is 11.7 Å². The highest BCUT2D eigenvalue weighted by Gasteiger charge is 2.11. The molecule has 0 radical (unpaired) electrons. The molecule has 6 nitrogen and oxygen atoms in total. The number of amides is 1. The lowest BCUT2D eigenvalue weighted by Gasteiger charge is -2.12. The zero-order chi connectivity index (χ0) is 17.4. The van der Waals surface area contributed by atoms with E-state index in [9.17, 15) is 4.79 Å². The second kappa shape index (κ2) is 9.15. The number of tetrazole rings is 1. The van der Waals surface area contributed by atoms with Crippen LogP contribution in [0.3, 0.4) is 0 Å². The predicted octanol–water partition coefficient (Wildman–Crippen LogP) is 2.99. The Balaban J connectivity index is 1.87. The molecule has 0 spiro atoms. The monoisotopic (exact) mass is 329 g/mol. The van der Waals surface area contributed by atoms with Gasteiger partial charge in [-0.1, -0.05) is 57.4 Å².